The summed E-state index contributed by atoms with van der Waals surface area (Å²) in [4.78, 5) is 12.3. The van der Waals surface area contributed by atoms with E-state index >= 15 is 0 Å². The summed E-state index contributed by atoms with van der Waals surface area (Å²) in [6.07, 6.45) is -0.441. The highest BCUT2D eigenvalue weighted by molar-refractivity contribution is 5.69. The number of aliphatic hydroxyl groups is 1. The van der Waals surface area contributed by atoms with Crippen LogP contribution in [0.1, 0.15) is 5.56 Å². The number of hydrogen-bond acceptors (Lipinski definition) is 5. The van der Waals surface area contributed by atoms with E-state index in [2.05, 4.69) is 20.3 Å². The van der Waals surface area contributed by atoms with E-state index in [4.69, 9.17) is 5.11 Å². The maximum absolute atomic E-state index is 13.6. The highest BCUT2D eigenvalue weighted by Crippen LogP contribution is 2.20. The van der Waals surface area contributed by atoms with Crippen molar-refractivity contribution in [1.29, 1.82) is 0 Å². The number of rotatable bonds is 2. The zero-order valence-corrected chi connectivity index (χ0v) is 12.6. The van der Waals surface area contributed by atoms with E-state index in [-0.39, 0.29) is 25.1 Å². The third kappa shape index (κ3) is 4.57. The lowest BCUT2D eigenvalue weighted by atomic mass is 10.2. The second-order valence-electron chi connectivity index (χ2n) is 5.31. The number of nitrogens with one attached hydrogen (secondary N) is 2. The van der Waals surface area contributed by atoms with Gasteiger partial charge in [0.1, 0.15) is 12.4 Å². The number of carbonyl (C=O) groups excluding carboxylic acids is 1. The third-order valence-corrected chi connectivity index (χ3v) is 3.52. The van der Waals surface area contributed by atoms with E-state index < -0.39 is 6.09 Å². The number of cyclic esters (lactones) is 1. The molecule has 0 radical (unpaired) electrons. The Morgan fingerprint density at radius 2 is 2.14 bits per heavy atom. The molecule has 1 aromatic rings. The normalized spacial score (nSPS) is 20.8. The van der Waals surface area contributed by atoms with Gasteiger partial charge in [-0.1, -0.05) is 6.07 Å². The number of halogens is 1. The summed E-state index contributed by atoms with van der Waals surface area (Å²) in [6, 6.07) is 5.23. The summed E-state index contributed by atoms with van der Waals surface area (Å²) in [6.45, 7) is 5.80. The first kappa shape index (κ1) is 16.5. The second kappa shape index (κ2) is 7.95. The maximum Gasteiger partial charge on any atom is 0.407 e. The fraction of sp³-hybridized carbons (Fsp3) is 0.533. The monoisotopic (exact) mass is 311 g/mol. The van der Waals surface area contributed by atoms with Gasteiger partial charge in [-0.2, -0.15) is 0 Å². The minimum Gasteiger partial charge on any atom is -0.447 e. The smallest absolute Gasteiger partial charge is 0.407 e. The van der Waals surface area contributed by atoms with Crippen LogP contribution in [0.5, 0.6) is 0 Å². The molecule has 122 valence electrons. The lowest BCUT2D eigenvalue weighted by molar-refractivity contribution is 0.173. The molecule has 2 aliphatic heterocycles. The number of amides is 1. The van der Waals surface area contributed by atoms with E-state index in [1.807, 2.05) is 19.1 Å². The number of nitrogens with zero attached hydrogens (tertiary/aromatic N) is 1. The van der Waals surface area contributed by atoms with Gasteiger partial charge in [0.05, 0.1) is 18.3 Å². The van der Waals surface area contributed by atoms with Gasteiger partial charge < -0.3 is 25.4 Å². The highest BCUT2D eigenvalue weighted by atomic mass is 19.1. The summed E-state index contributed by atoms with van der Waals surface area (Å²) < 4.78 is 18.0. The Labute approximate surface area is 129 Å². The van der Waals surface area contributed by atoms with Crippen molar-refractivity contribution in [3.8, 4) is 0 Å². The SMILES string of the molecule is Cc1ccc(N2CCNCC2)c(F)c1.O=C1NC(CO)CO1. The summed E-state index contributed by atoms with van der Waals surface area (Å²) in [5, 5.41) is 14.0. The zero-order valence-electron chi connectivity index (χ0n) is 12.6. The Morgan fingerprint density at radius 1 is 1.41 bits per heavy atom. The average Bonchev–Trinajstić information content (AvgIpc) is 2.95. The molecular weight excluding hydrogens is 289 g/mol. The van der Waals surface area contributed by atoms with Gasteiger partial charge in [0.25, 0.3) is 0 Å². The molecule has 2 aliphatic rings. The van der Waals surface area contributed by atoms with Crippen LogP contribution >= 0.6 is 0 Å². The fourth-order valence-electron chi connectivity index (χ4n) is 2.30. The molecule has 3 rings (SSSR count). The summed E-state index contributed by atoms with van der Waals surface area (Å²) in [5.41, 5.74) is 1.71. The lowest BCUT2D eigenvalue weighted by Gasteiger charge is -2.29. The van der Waals surface area contributed by atoms with Crippen molar-refractivity contribution >= 4 is 11.8 Å². The molecular formula is C15H22FN3O3. The minimum absolute atomic E-state index is 0.0499. The van der Waals surface area contributed by atoms with Gasteiger partial charge in [-0.05, 0) is 24.6 Å². The summed E-state index contributed by atoms with van der Waals surface area (Å²) in [7, 11) is 0. The van der Waals surface area contributed by atoms with E-state index in [0.717, 1.165) is 37.4 Å². The summed E-state index contributed by atoms with van der Waals surface area (Å²) >= 11 is 0. The Bertz CT molecular complexity index is 507. The number of alkyl carbamates (subject to hydrolysis) is 1. The first-order valence-corrected chi connectivity index (χ1v) is 7.36. The number of anilines is 1. The number of piperazine rings is 1. The molecule has 22 heavy (non-hydrogen) atoms. The second-order valence-corrected chi connectivity index (χ2v) is 5.31. The minimum atomic E-state index is -0.441. The standard InChI is InChI=1S/C11H15FN2.C4H7NO3/c1-9-2-3-11(10(12)8-9)14-6-4-13-5-7-14;6-1-3-2-8-4(7)5-3/h2-3,8,13H,4-7H2,1H3;3,6H,1-2H2,(H,5,7). The molecule has 0 saturated carbocycles. The summed E-state index contributed by atoms with van der Waals surface area (Å²) in [5.74, 6) is -0.105. The molecule has 2 fully saturated rings. The van der Waals surface area contributed by atoms with Crippen molar-refractivity contribution in [3.63, 3.8) is 0 Å². The van der Waals surface area contributed by atoms with Crippen LogP contribution in [0.25, 0.3) is 0 Å². The predicted octanol–water partition coefficient (Wildman–Crippen LogP) is 0.631. The molecule has 1 unspecified atom stereocenters. The van der Waals surface area contributed by atoms with Crippen LogP contribution in [0, 0.1) is 12.7 Å². The van der Waals surface area contributed by atoms with Crippen LogP contribution in [-0.4, -0.2) is 56.6 Å². The van der Waals surface area contributed by atoms with Crippen LogP contribution < -0.4 is 15.5 Å². The van der Waals surface area contributed by atoms with Gasteiger partial charge >= 0.3 is 6.09 Å². The molecule has 0 aromatic heterocycles. The van der Waals surface area contributed by atoms with Gasteiger partial charge in [-0.25, -0.2) is 9.18 Å². The van der Waals surface area contributed by atoms with Crippen molar-refractivity contribution < 1.29 is 19.0 Å². The molecule has 1 aromatic carbocycles. The molecule has 1 amide bonds. The van der Waals surface area contributed by atoms with Crippen LogP contribution in [-0.2, 0) is 4.74 Å². The van der Waals surface area contributed by atoms with Crippen molar-refractivity contribution in [1.82, 2.24) is 10.6 Å². The van der Waals surface area contributed by atoms with E-state index in [9.17, 15) is 9.18 Å². The number of benzene rings is 1. The van der Waals surface area contributed by atoms with E-state index in [1.165, 1.54) is 0 Å². The quantitative estimate of drug-likeness (QED) is 0.747. The molecule has 2 heterocycles. The molecule has 7 heteroatoms. The van der Waals surface area contributed by atoms with Gasteiger partial charge in [0, 0.05) is 26.2 Å². The van der Waals surface area contributed by atoms with Crippen molar-refractivity contribution in [3.05, 3.63) is 29.6 Å². The average molecular weight is 311 g/mol. The number of hydrogen-bond donors (Lipinski definition) is 3. The highest BCUT2D eigenvalue weighted by Gasteiger charge is 2.20. The maximum atomic E-state index is 13.6. The third-order valence-electron chi connectivity index (χ3n) is 3.52. The van der Waals surface area contributed by atoms with Gasteiger partial charge in [-0.3, -0.25) is 0 Å². The molecule has 0 aliphatic carbocycles. The molecule has 3 N–H and O–H groups in total. The van der Waals surface area contributed by atoms with Crippen molar-refractivity contribution in [2.45, 2.75) is 13.0 Å². The number of carbonyl (C=O) groups is 1. The van der Waals surface area contributed by atoms with Gasteiger partial charge in [0.15, 0.2) is 0 Å². The van der Waals surface area contributed by atoms with Gasteiger partial charge in [-0.15, -0.1) is 0 Å². The van der Waals surface area contributed by atoms with E-state index in [1.54, 1.807) is 6.07 Å². The molecule has 2 saturated heterocycles. The first-order valence-electron chi connectivity index (χ1n) is 7.36. The Kier molecular flexibility index (Phi) is 5.97. The van der Waals surface area contributed by atoms with Crippen LogP contribution in [0.15, 0.2) is 18.2 Å². The zero-order chi connectivity index (χ0) is 15.9. The Balaban J connectivity index is 0.000000188. The lowest BCUT2D eigenvalue weighted by Crippen LogP contribution is -2.43. The molecule has 6 nitrogen and oxygen atoms in total. The fourth-order valence-corrected chi connectivity index (χ4v) is 2.30. The molecule has 0 spiro atoms. The van der Waals surface area contributed by atoms with Crippen LogP contribution in [0.3, 0.4) is 0 Å². The topological polar surface area (TPSA) is 73.8 Å². The predicted molar refractivity (Wildman–Crippen MR) is 81.6 cm³/mol. The van der Waals surface area contributed by atoms with Crippen LogP contribution in [0.4, 0.5) is 14.9 Å². The number of aliphatic hydroxyl groups excluding tert-OH is 1. The Hall–Kier alpha value is -1.86. The first-order chi connectivity index (χ1) is 10.6. The van der Waals surface area contributed by atoms with Crippen LogP contribution in [0.2, 0.25) is 0 Å². The molecule has 1 atom stereocenters. The largest absolute Gasteiger partial charge is 0.447 e. The number of ether oxygens (including phenoxy) is 1. The van der Waals surface area contributed by atoms with Crippen molar-refractivity contribution in [2.75, 3.05) is 44.3 Å². The van der Waals surface area contributed by atoms with E-state index in [0.29, 0.717) is 0 Å². The Morgan fingerprint density at radius 3 is 2.64 bits per heavy atom. The molecule has 0 bridgehead atoms. The number of aryl methyl sites for hydroxylation is 1. The van der Waals surface area contributed by atoms with Crippen molar-refractivity contribution in [2.24, 2.45) is 0 Å². The van der Waals surface area contributed by atoms with Gasteiger partial charge in [0.2, 0.25) is 0 Å².